The van der Waals surface area contributed by atoms with Crippen LogP contribution in [0.2, 0.25) is 5.02 Å². The van der Waals surface area contributed by atoms with E-state index >= 15 is 0 Å². The van der Waals surface area contributed by atoms with E-state index in [0.717, 1.165) is 6.54 Å². The van der Waals surface area contributed by atoms with E-state index in [-0.39, 0.29) is 12.5 Å². The van der Waals surface area contributed by atoms with Crippen molar-refractivity contribution in [3.05, 3.63) is 23.2 Å². The summed E-state index contributed by atoms with van der Waals surface area (Å²) in [6.07, 6.45) is 0. The third-order valence-corrected chi connectivity index (χ3v) is 2.94. The highest BCUT2D eigenvalue weighted by Crippen LogP contribution is 2.27. The van der Waals surface area contributed by atoms with Crippen molar-refractivity contribution in [1.29, 1.82) is 0 Å². The highest BCUT2D eigenvalue weighted by molar-refractivity contribution is 6.30. The van der Waals surface area contributed by atoms with Crippen LogP contribution in [0.1, 0.15) is 0 Å². The van der Waals surface area contributed by atoms with Crippen LogP contribution in [0.5, 0.6) is 5.75 Å². The van der Waals surface area contributed by atoms with Gasteiger partial charge in [-0.25, -0.2) is 0 Å². The highest BCUT2D eigenvalue weighted by atomic mass is 35.5. The Balaban J connectivity index is 2.25. The summed E-state index contributed by atoms with van der Waals surface area (Å²) in [7, 11) is 3.22. The molecule has 0 atom stereocenters. The molecule has 0 aromatic heterocycles. The third-order valence-electron chi connectivity index (χ3n) is 2.71. The van der Waals surface area contributed by atoms with E-state index in [1.165, 1.54) is 0 Å². The van der Waals surface area contributed by atoms with E-state index in [1.54, 1.807) is 32.4 Å². The van der Waals surface area contributed by atoms with Crippen LogP contribution in [0.3, 0.4) is 0 Å². The van der Waals surface area contributed by atoms with Crippen molar-refractivity contribution < 1.29 is 14.3 Å². The van der Waals surface area contributed by atoms with Gasteiger partial charge in [0.25, 0.3) is 0 Å². The fourth-order valence-corrected chi connectivity index (χ4v) is 1.82. The lowest BCUT2D eigenvalue weighted by molar-refractivity contribution is -0.119. The second kappa shape index (κ2) is 10.3. The van der Waals surface area contributed by atoms with Gasteiger partial charge in [-0.3, -0.25) is 4.79 Å². The first kappa shape index (κ1) is 17.6. The molecule has 118 valence electrons. The Hall–Kier alpha value is -1.50. The summed E-state index contributed by atoms with van der Waals surface area (Å²) in [4.78, 5) is 11.7. The normalized spacial score (nSPS) is 10.2. The molecule has 0 unspecified atom stereocenters. The highest BCUT2D eigenvalue weighted by Gasteiger charge is 2.06. The van der Waals surface area contributed by atoms with Crippen LogP contribution in [0.4, 0.5) is 5.69 Å². The number of methoxy groups -OCH3 is 2. The monoisotopic (exact) mass is 315 g/mol. The van der Waals surface area contributed by atoms with E-state index in [9.17, 15) is 4.79 Å². The molecular formula is C14H22ClN3O3. The number of rotatable bonds is 10. The van der Waals surface area contributed by atoms with Crippen LogP contribution in [0.15, 0.2) is 18.2 Å². The number of carbonyl (C=O) groups is 1. The zero-order valence-corrected chi connectivity index (χ0v) is 13.1. The van der Waals surface area contributed by atoms with Gasteiger partial charge in [0.1, 0.15) is 5.75 Å². The third kappa shape index (κ3) is 7.17. The van der Waals surface area contributed by atoms with Gasteiger partial charge in [-0.1, -0.05) is 11.6 Å². The van der Waals surface area contributed by atoms with Crippen molar-refractivity contribution in [2.24, 2.45) is 0 Å². The summed E-state index contributed by atoms with van der Waals surface area (Å²) >= 11 is 5.92. The van der Waals surface area contributed by atoms with E-state index < -0.39 is 0 Å². The van der Waals surface area contributed by atoms with E-state index in [2.05, 4.69) is 16.0 Å². The van der Waals surface area contributed by atoms with Gasteiger partial charge < -0.3 is 25.4 Å². The van der Waals surface area contributed by atoms with Crippen molar-refractivity contribution in [1.82, 2.24) is 10.6 Å². The maximum atomic E-state index is 11.7. The number of carbonyl (C=O) groups excluding carboxylic acids is 1. The van der Waals surface area contributed by atoms with Crippen LogP contribution < -0.4 is 20.7 Å². The molecule has 0 saturated heterocycles. The van der Waals surface area contributed by atoms with Gasteiger partial charge in [-0.05, 0) is 18.2 Å². The van der Waals surface area contributed by atoms with Gasteiger partial charge in [0.2, 0.25) is 5.91 Å². The van der Waals surface area contributed by atoms with Gasteiger partial charge in [-0.2, -0.15) is 0 Å². The molecule has 0 fully saturated rings. The first-order chi connectivity index (χ1) is 10.2. The smallest absolute Gasteiger partial charge is 0.239 e. The van der Waals surface area contributed by atoms with Crippen molar-refractivity contribution >= 4 is 23.2 Å². The molecule has 0 spiro atoms. The van der Waals surface area contributed by atoms with E-state index in [0.29, 0.717) is 36.2 Å². The molecule has 0 aliphatic carbocycles. The van der Waals surface area contributed by atoms with Crippen LogP contribution in [0.25, 0.3) is 0 Å². The van der Waals surface area contributed by atoms with Gasteiger partial charge in [0.15, 0.2) is 0 Å². The summed E-state index contributed by atoms with van der Waals surface area (Å²) in [5.41, 5.74) is 0.693. The fraction of sp³-hybridized carbons (Fsp3) is 0.500. The second-order valence-electron chi connectivity index (χ2n) is 4.29. The molecule has 0 radical (unpaired) electrons. The van der Waals surface area contributed by atoms with Gasteiger partial charge in [0.05, 0.1) is 25.9 Å². The molecule has 3 N–H and O–H groups in total. The number of amides is 1. The van der Waals surface area contributed by atoms with Crippen molar-refractivity contribution in [3.8, 4) is 5.75 Å². The quantitative estimate of drug-likeness (QED) is 0.564. The lowest BCUT2D eigenvalue weighted by Gasteiger charge is -2.12. The second-order valence-corrected chi connectivity index (χ2v) is 4.73. The summed E-state index contributed by atoms with van der Waals surface area (Å²) in [5.74, 6) is 0.555. The Morgan fingerprint density at radius 3 is 2.76 bits per heavy atom. The molecule has 0 bridgehead atoms. The van der Waals surface area contributed by atoms with Crippen LogP contribution >= 0.6 is 11.6 Å². The Morgan fingerprint density at radius 2 is 2.05 bits per heavy atom. The summed E-state index contributed by atoms with van der Waals surface area (Å²) in [6.45, 7) is 2.86. The molecule has 1 aromatic rings. The molecule has 0 saturated carbocycles. The number of halogens is 1. The SMILES string of the molecule is COCCNCCNC(=O)CNc1cc(Cl)ccc1OC. The number of ether oxygens (including phenoxy) is 2. The van der Waals surface area contributed by atoms with Crippen molar-refractivity contribution in [2.45, 2.75) is 0 Å². The fourth-order valence-electron chi connectivity index (χ4n) is 1.65. The van der Waals surface area contributed by atoms with Gasteiger partial charge >= 0.3 is 0 Å². The molecular weight excluding hydrogens is 294 g/mol. The molecule has 0 heterocycles. The average Bonchev–Trinajstić information content (AvgIpc) is 2.49. The first-order valence-electron chi connectivity index (χ1n) is 6.71. The van der Waals surface area contributed by atoms with E-state index in [4.69, 9.17) is 21.1 Å². The van der Waals surface area contributed by atoms with E-state index in [1.807, 2.05) is 0 Å². The molecule has 1 amide bonds. The maximum Gasteiger partial charge on any atom is 0.239 e. The zero-order chi connectivity index (χ0) is 15.5. The topological polar surface area (TPSA) is 71.6 Å². The van der Waals surface area contributed by atoms with Crippen molar-refractivity contribution in [2.75, 3.05) is 52.3 Å². The Labute approximate surface area is 130 Å². The number of hydrogen-bond donors (Lipinski definition) is 3. The molecule has 1 rings (SSSR count). The summed E-state index contributed by atoms with van der Waals surface area (Å²) in [6, 6.07) is 5.21. The minimum absolute atomic E-state index is 0.0921. The number of nitrogens with one attached hydrogen (secondary N) is 3. The summed E-state index contributed by atoms with van der Waals surface area (Å²) < 4.78 is 10.1. The van der Waals surface area contributed by atoms with Crippen LogP contribution in [0, 0.1) is 0 Å². The Kier molecular flexibility index (Phi) is 8.57. The predicted octanol–water partition coefficient (Wildman–Crippen LogP) is 1.11. The van der Waals surface area contributed by atoms with Gasteiger partial charge in [0, 0.05) is 31.8 Å². The average molecular weight is 316 g/mol. The Morgan fingerprint density at radius 1 is 1.24 bits per heavy atom. The molecule has 6 nitrogen and oxygen atoms in total. The maximum absolute atomic E-state index is 11.7. The Bertz CT molecular complexity index is 443. The standard InChI is InChI=1S/C14H22ClN3O3/c1-20-8-7-16-5-6-17-14(19)10-18-12-9-11(15)3-4-13(12)21-2/h3-4,9,16,18H,5-8,10H2,1-2H3,(H,17,19). The van der Waals surface area contributed by atoms with Crippen LogP contribution in [-0.4, -0.2) is 52.9 Å². The van der Waals surface area contributed by atoms with Crippen LogP contribution in [-0.2, 0) is 9.53 Å². The molecule has 21 heavy (non-hydrogen) atoms. The lowest BCUT2D eigenvalue weighted by Crippen LogP contribution is -2.36. The number of benzene rings is 1. The molecule has 0 aliphatic heterocycles. The predicted molar refractivity (Wildman–Crippen MR) is 84.2 cm³/mol. The van der Waals surface area contributed by atoms with Gasteiger partial charge in [-0.15, -0.1) is 0 Å². The molecule has 1 aromatic carbocycles. The molecule has 0 aliphatic rings. The minimum Gasteiger partial charge on any atom is -0.495 e. The zero-order valence-electron chi connectivity index (χ0n) is 12.4. The largest absolute Gasteiger partial charge is 0.495 e. The summed E-state index contributed by atoms with van der Waals surface area (Å²) in [5, 5.41) is 9.54. The molecule has 7 heteroatoms. The number of anilines is 1. The minimum atomic E-state index is -0.0921. The first-order valence-corrected chi connectivity index (χ1v) is 7.09. The lowest BCUT2D eigenvalue weighted by atomic mass is 10.3. The number of hydrogen-bond acceptors (Lipinski definition) is 5. The van der Waals surface area contributed by atoms with Crippen molar-refractivity contribution in [3.63, 3.8) is 0 Å².